The van der Waals surface area contributed by atoms with Crippen molar-refractivity contribution in [2.24, 2.45) is 0 Å². The number of thiophene rings is 4. The van der Waals surface area contributed by atoms with Crippen LogP contribution in [0.15, 0.2) is 524 Å². The average molecular weight is 1850 g/mol. The smallest absolute Gasteiger partial charge is 0.180 e. The molecule has 37 heteroatoms. The number of aromatic nitrogens is 28. The lowest BCUT2D eigenvalue weighted by atomic mass is 10.3. The number of para-hydroxylation sites is 5. The van der Waals surface area contributed by atoms with Crippen molar-refractivity contribution >= 4 is 121 Å². The third kappa shape index (κ3) is 58.6. The molecule has 0 unspecified atom stereocenters. The van der Waals surface area contributed by atoms with E-state index in [0.717, 1.165) is 22.1 Å². The molecule has 26 aromatic rings. The lowest BCUT2D eigenvalue weighted by Gasteiger charge is -1.90. The van der Waals surface area contributed by atoms with Crippen LogP contribution in [0.4, 0.5) is 0 Å². The Bertz CT molecular complexity index is 4960. The number of rotatable bonds is 0. The van der Waals surface area contributed by atoms with E-state index in [4.69, 9.17) is 0 Å². The number of hydrogen-bond acceptors (Lipinski definition) is 31. The van der Waals surface area contributed by atoms with E-state index >= 15 is 0 Å². The molecule has 0 aliphatic rings. The highest BCUT2D eigenvalue weighted by Crippen LogP contribution is 2.25. The van der Waals surface area contributed by atoms with Crippen molar-refractivity contribution in [1.82, 2.24) is 140 Å². The molecular weight excluding hydrogens is 1760 g/mol. The molecule has 26 rings (SSSR count). The number of furan rings is 1. The SMILES string of the molecule is c1c[nH]cn1.c1c[nH]cn1.c1cc2sccc2s1.c1cc[nH]c1.c1ccc2[nH]ccc2c1.c1ccc2[nH]cnc2c1.c1ccc2nccnc2c1.c1ccc2sccc2c1.c1ccncc1.c1ccnnc1.c1ccoc1.c1ccsc1.c1cn[nH]c1.c1cnccn1.c1cncnc1.c1cncnc1.c1cnoc1.c1cnsc1.c1cocn1.c1cscn1.c1ncncn1. The minimum absolute atomic E-state index is 0.949. The highest BCUT2D eigenvalue weighted by Gasteiger charge is 1.93. The highest BCUT2D eigenvalue weighted by atomic mass is 32.1. The Hall–Kier alpha value is -17.1. The number of nitrogens with one attached hydrogen (secondary N) is 6. The summed E-state index contributed by atoms with van der Waals surface area (Å²) in [5.41, 5.74) is 7.02. The first-order valence-corrected chi connectivity index (χ1v) is 43.9. The first-order valence-electron chi connectivity index (χ1n) is 38.6. The zero-order chi connectivity index (χ0) is 91.3. The molecule has 0 bridgehead atoms. The summed E-state index contributed by atoms with van der Waals surface area (Å²) in [5, 5.41) is 33.6. The number of benzene rings is 4. The van der Waals surface area contributed by atoms with E-state index in [9.17, 15) is 0 Å². The largest absolute Gasteiger partial charge is 0.473 e. The number of pyridine rings is 1. The molecule has 22 heterocycles. The molecule has 0 amide bonds. The second-order valence-electron chi connectivity index (χ2n) is 22.5. The number of fused-ring (bicyclic) bond motifs is 5. The number of aromatic amines is 6. The van der Waals surface area contributed by atoms with Crippen LogP contribution < -0.4 is 0 Å². The summed E-state index contributed by atoms with van der Waals surface area (Å²) in [6, 6.07) is 70.9. The third-order valence-electron chi connectivity index (χ3n) is 13.4. The Morgan fingerprint density at radius 1 is 0.260 bits per heavy atom. The van der Waals surface area contributed by atoms with Crippen molar-refractivity contribution < 1.29 is 13.4 Å². The summed E-state index contributed by atoms with van der Waals surface area (Å²) in [6.07, 6.45) is 66.2. The van der Waals surface area contributed by atoms with Crippen LogP contribution in [0.3, 0.4) is 0 Å². The van der Waals surface area contributed by atoms with Crippen molar-refractivity contribution in [3.05, 3.63) is 511 Å². The van der Waals surface area contributed by atoms with Gasteiger partial charge in [-0.2, -0.15) is 26.6 Å². The van der Waals surface area contributed by atoms with Gasteiger partial charge in [0.2, 0.25) is 0 Å². The van der Waals surface area contributed by atoms with Crippen LogP contribution in [0.25, 0.3) is 52.5 Å². The van der Waals surface area contributed by atoms with Gasteiger partial charge in [-0.15, -0.1) is 45.3 Å². The average Bonchev–Trinajstić information content (AvgIpc) is 1.80. The molecule has 131 heavy (non-hydrogen) atoms. The predicted molar refractivity (Wildman–Crippen MR) is 524 cm³/mol. The third-order valence-corrected chi connectivity index (χ3v) is 17.9. The molecule has 0 atom stereocenters. The number of oxazole rings is 1. The van der Waals surface area contributed by atoms with Crippen LogP contribution in [0, 0.1) is 0 Å². The van der Waals surface area contributed by atoms with E-state index in [-0.39, 0.29) is 0 Å². The molecule has 0 aliphatic heterocycles. The van der Waals surface area contributed by atoms with E-state index in [1.54, 1.807) is 261 Å². The Balaban J connectivity index is 0.000000213. The van der Waals surface area contributed by atoms with Gasteiger partial charge in [-0.3, -0.25) is 35.0 Å². The summed E-state index contributed by atoms with van der Waals surface area (Å²) in [5.74, 6) is 0. The fraction of sp³-hybridized carbons (Fsp3) is 0. The van der Waals surface area contributed by atoms with Crippen LogP contribution in [0.1, 0.15) is 0 Å². The highest BCUT2D eigenvalue weighted by molar-refractivity contribution is 7.25. The van der Waals surface area contributed by atoms with Crippen molar-refractivity contribution in [1.29, 1.82) is 0 Å². The van der Waals surface area contributed by atoms with E-state index < -0.39 is 0 Å². The van der Waals surface area contributed by atoms with Crippen LogP contribution in [0.5, 0.6) is 0 Å². The van der Waals surface area contributed by atoms with Gasteiger partial charge in [-0.25, -0.2) is 59.2 Å². The Kier molecular flexibility index (Phi) is 61.8. The molecule has 0 spiro atoms. The maximum absolute atomic E-state index is 4.58. The zero-order valence-corrected chi connectivity index (χ0v) is 74.9. The first-order chi connectivity index (χ1) is 65.3. The monoisotopic (exact) mass is 1850 g/mol. The van der Waals surface area contributed by atoms with Gasteiger partial charge in [0, 0.05) is 185 Å². The topological polar surface area (TPSA) is 418 Å². The second kappa shape index (κ2) is 78.8. The van der Waals surface area contributed by atoms with Gasteiger partial charge in [0.25, 0.3) is 0 Å². The van der Waals surface area contributed by atoms with Crippen molar-refractivity contribution in [3.63, 3.8) is 0 Å². The first kappa shape index (κ1) is 103. The minimum Gasteiger partial charge on any atom is -0.473 e. The molecule has 4 aromatic carbocycles. The van der Waals surface area contributed by atoms with Crippen molar-refractivity contribution in [3.8, 4) is 0 Å². The zero-order valence-electron chi connectivity index (χ0n) is 70.0. The molecule has 6 N–H and O–H groups in total. The standard InChI is InChI=1S/C8H6N2.C8H7N.C8H6S.C7H6N2.C6H4S2.C5H5N.4C4H4N2.C4H5N.C4H4O.C4H4S.C3H3N3.3C3H4N2.2C3H3NO.2C3H3NS/c1-2-4-8-7(3-1)9-5-6-10-8;2*1-2-4-8-7(3-1)5-6-9-8;1-2-4-7-6(3-1)8-5-9-7;1-3-7-6-2-4-8-5(1)6;1-2-4-6-5-3-1;1-2-6-4-3-5-1;2*1-2-5-4-6-3-1;1-2-4-6-5-3-1;3*1-2-4-5-3-1;1-4-2-6-3-5-1;2*1-2-5-3-4-1;1-2-4-5-3-1;1-2-5-3-4-1;1-2-4-5-3-1;1-2-5-3-4-1;1-2-4-5-3-1/h1-6H;1-6,9H;1-6H;1-5H,(H,8,9);1-4H;1-5H;4*1-4H;1-5H;2*1-4H;1-3H;3*1-3H,(H,4,5);4*1-3H. The number of H-pyrrole nitrogens is 6. The normalized spacial score (nSPS) is 8.76. The molecule has 0 saturated heterocycles. The molecule has 31 nitrogen and oxygen atoms in total. The summed E-state index contributed by atoms with van der Waals surface area (Å²) >= 11 is 10.2. The summed E-state index contributed by atoms with van der Waals surface area (Å²) < 4.78 is 21.3. The molecule has 660 valence electrons. The van der Waals surface area contributed by atoms with Crippen LogP contribution >= 0.6 is 68.2 Å². The second-order valence-corrected chi connectivity index (χ2v) is 27.6. The number of imidazole rings is 3. The number of hydrogen-bond donors (Lipinski definition) is 6. The summed E-state index contributed by atoms with van der Waals surface area (Å²) in [4.78, 5) is 78.0. The van der Waals surface area contributed by atoms with Gasteiger partial charge >= 0.3 is 0 Å². The van der Waals surface area contributed by atoms with Crippen molar-refractivity contribution in [2.75, 3.05) is 0 Å². The summed E-state index contributed by atoms with van der Waals surface area (Å²) in [7, 11) is 0. The van der Waals surface area contributed by atoms with E-state index in [0.29, 0.717) is 0 Å². The fourth-order valence-electron chi connectivity index (χ4n) is 8.00. The van der Waals surface area contributed by atoms with Gasteiger partial charge in [0.15, 0.2) is 6.39 Å². The molecular formula is C94H90N28O3S6. The molecule has 0 aliphatic carbocycles. The van der Waals surface area contributed by atoms with Gasteiger partial charge < -0.3 is 38.3 Å². The minimum atomic E-state index is 0.949. The van der Waals surface area contributed by atoms with E-state index in [2.05, 4.69) is 230 Å². The fourth-order valence-corrected chi connectivity index (χ4v) is 11.8. The maximum Gasteiger partial charge on any atom is 0.180 e. The van der Waals surface area contributed by atoms with Crippen molar-refractivity contribution in [2.45, 2.75) is 0 Å². The molecule has 0 fully saturated rings. The Morgan fingerprint density at radius 2 is 0.832 bits per heavy atom. The van der Waals surface area contributed by atoms with E-state index in [1.165, 1.54) is 92.5 Å². The molecule has 22 aromatic heterocycles. The van der Waals surface area contributed by atoms with E-state index in [1.807, 2.05) is 180 Å². The van der Waals surface area contributed by atoms with Gasteiger partial charge in [-0.05, 0) is 189 Å². The number of nitrogens with zero attached hydrogens (tertiary/aromatic N) is 22. The Morgan fingerprint density at radius 3 is 1.17 bits per heavy atom. The van der Waals surface area contributed by atoms with Gasteiger partial charge in [0.05, 0.1) is 71.5 Å². The lowest BCUT2D eigenvalue weighted by Crippen LogP contribution is -1.78. The predicted octanol–water partition coefficient (Wildman–Crippen LogP) is 23.0. The summed E-state index contributed by atoms with van der Waals surface area (Å²) in [6.45, 7) is 0. The van der Waals surface area contributed by atoms with Crippen LogP contribution in [0.2, 0.25) is 0 Å². The van der Waals surface area contributed by atoms with Gasteiger partial charge in [0.1, 0.15) is 44.2 Å². The van der Waals surface area contributed by atoms with Crippen LogP contribution in [-0.4, -0.2) is 140 Å². The lowest BCUT2D eigenvalue weighted by molar-refractivity contribution is 0.420. The molecule has 0 radical (unpaired) electrons. The van der Waals surface area contributed by atoms with Gasteiger partial charge in [-0.1, -0.05) is 84.0 Å². The molecule has 0 saturated carbocycles. The van der Waals surface area contributed by atoms with Crippen LogP contribution in [-0.2, 0) is 0 Å². The quantitative estimate of drug-likeness (QED) is 0.0821. The maximum atomic E-state index is 4.58. The Labute approximate surface area is 778 Å². The number of thiazole rings is 1.